The molecule has 130 valence electrons. The van der Waals surface area contributed by atoms with Gasteiger partial charge in [-0.2, -0.15) is 0 Å². The van der Waals surface area contributed by atoms with Gasteiger partial charge in [0.1, 0.15) is 11.4 Å². The van der Waals surface area contributed by atoms with Gasteiger partial charge >= 0.3 is 6.09 Å². The van der Waals surface area contributed by atoms with Crippen LogP contribution in [0.2, 0.25) is 0 Å². The summed E-state index contributed by atoms with van der Waals surface area (Å²) in [5.74, 6) is -0.482. The Morgan fingerprint density at radius 1 is 1.17 bits per heavy atom. The van der Waals surface area contributed by atoms with E-state index in [2.05, 4.69) is 17.6 Å². The maximum atomic E-state index is 13.8. The zero-order valence-electron chi connectivity index (χ0n) is 14.7. The maximum Gasteiger partial charge on any atom is 0.412 e. The van der Waals surface area contributed by atoms with Gasteiger partial charge in [0.15, 0.2) is 0 Å². The van der Waals surface area contributed by atoms with Gasteiger partial charge < -0.3 is 10.1 Å². The fraction of sp³-hybridized carbons (Fsp3) is 0.611. The summed E-state index contributed by atoms with van der Waals surface area (Å²) < 4.78 is 18.9. The summed E-state index contributed by atoms with van der Waals surface area (Å²) in [6, 6.07) is 4.60. The number of nitrogens with one attached hydrogen (secondary N) is 2. The van der Waals surface area contributed by atoms with Crippen molar-refractivity contribution in [2.24, 2.45) is 0 Å². The third-order valence-electron chi connectivity index (χ3n) is 3.21. The van der Waals surface area contributed by atoms with Crippen LogP contribution in [0.15, 0.2) is 18.2 Å². The molecule has 0 radical (unpaired) electrons. The number of hydrogen-bond donors (Lipinski definition) is 2. The van der Waals surface area contributed by atoms with E-state index in [1.54, 1.807) is 32.9 Å². The molecule has 0 aromatic heterocycles. The molecular formula is C18H29FN2O2. The first kappa shape index (κ1) is 19.3. The summed E-state index contributed by atoms with van der Waals surface area (Å²) in [6.07, 6.45) is 5.34. The summed E-state index contributed by atoms with van der Waals surface area (Å²) in [5, 5.41) is 5.70. The van der Waals surface area contributed by atoms with Gasteiger partial charge in [-0.15, -0.1) is 0 Å². The quantitative estimate of drug-likeness (QED) is 0.616. The van der Waals surface area contributed by atoms with Crippen molar-refractivity contribution in [2.75, 3.05) is 17.2 Å². The molecule has 0 aliphatic rings. The lowest BCUT2D eigenvalue weighted by Gasteiger charge is -2.20. The molecule has 0 spiro atoms. The van der Waals surface area contributed by atoms with E-state index < -0.39 is 17.5 Å². The second-order valence-electron chi connectivity index (χ2n) is 6.66. The van der Waals surface area contributed by atoms with Crippen LogP contribution in [0, 0.1) is 5.82 Å². The highest BCUT2D eigenvalue weighted by Gasteiger charge is 2.17. The zero-order valence-corrected chi connectivity index (χ0v) is 14.7. The van der Waals surface area contributed by atoms with Crippen LogP contribution < -0.4 is 10.6 Å². The van der Waals surface area contributed by atoms with Gasteiger partial charge in [-0.05, 0) is 45.4 Å². The van der Waals surface area contributed by atoms with E-state index in [9.17, 15) is 9.18 Å². The van der Waals surface area contributed by atoms with Crippen LogP contribution in [-0.4, -0.2) is 18.2 Å². The highest BCUT2D eigenvalue weighted by molar-refractivity contribution is 5.85. The summed E-state index contributed by atoms with van der Waals surface area (Å²) >= 11 is 0. The molecule has 0 fully saturated rings. The van der Waals surface area contributed by atoms with E-state index in [1.165, 1.54) is 31.7 Å². The number of ether oxygens (including phenoxy) is 1. The average Bonchev–Trinajstić information content (AvgIpc) is 2.44. The number of unbranched alkanes of at least 4 members (excludes halogenated alkanes) is 4. The molecule has 0 unspecified atom stereocenters. The summed E-state index contributed by atoms with van der Waals surface area (Å²) in [5.41, 5.74) is 0.290. The smallest absolute Gasteiger partial charge is 0.412 e. The van der Waals surface area contributed by atoms with Crippen molar-refractivity contribution in [3.63, 3.8) is 0 Å². The van der Waals surface area contributed by atoms with Crippen LogP contribution in [0.4, 0.5) is 20.6 Å². The first-order chi connectivity index (χ1) is 10.8. The molecule has 4 nitrogen and oxygen atoms in total. The van der Waals surface area contributed by atoms with Crippen LogP contribution >= 0.6 is 0 Å². The summed E-state index contributed by atoms with van der Waals surface area (Å²) in [7, 11) is 0. The van der Waals surface area contributed by atoms with Crippen LogP contribution in [0.25, 0.3) is 0 Å². The van der Waals surface area contributed by atoms with Crippen molar-refractivity contribution < 1.29 is 13.9 Å². The molecule has 2 N–H and O–H groups in total. The third kappa shape index (κ3) is 8.43. The molecule has 0 atom stereocenters. The number of benzene rings is 1. The van der Waals surface area contributed by atoms with E-state index in [-0.39, 0.29) is 5.69 Å². The number of carbonyl (C=O) groups is 1. The fourth-order valence-electron chi connectivity index (χ4n) is 2.11. The van der Waals surface area contributed by atoms with E-state index in [0.717, 1.165) is 18.7 Å². The predicted molar refractivity (Wildman–Crippen MR) is 93.5 cm³/mol. The van der Waals surface area contributed by atoms with Crippen LogP contribution in [-0.2, 0) is 4.74 Å². The Balaban J connectivity index is 2.50. The summed E-state index contributed by atoms with van der Waals surface area (Å²) in [6.45, 7) is 8.32. The molecule has 5 heteroatoms. The van der Waals surface area contributed by atoms with Crippen molar-refractivity contribution in [1.29, 1.82) is 0 Å². The molecule has 0 bridgehead atoms. The SMILES string of the molecule is CCCCCCCNc1ccc(F)c(NC(=O)OC(C)(C)C)c1. The molecule has 0 heterocycles. The number of halogens is 1. The standard InChI is InChI=1S/C18H29FN2O2/c1-5-6-7-8-9-12-20-14-10-11-15(19)16(13-14)21-17(22)23-18(2,3)4/h10-11,13,20H,5-9,12H2,1-4H3,(H,21,22). The number of amides is 1. The number of hydrogen-bond acceptors (Lipinski definition) is 3. The Kier molecular flexibility index (Phi) is 7.86. The van der Waals surface area contributed by atoms with Gasteiger partial charge in [0.25, 0.3) is 0 Å². The number of carbonyl (C=O) groups excluding carboxylic acids is 1. The van der Waals surface area contributed by atoms with Gasteiger partial charge in [-0.3, -0.25) is 5.32 Å². The Morgan fingerprint density at radius 3 is 2.52 bits per heavy atom. The second-order valence-corrected chi connectivity index (χ2v) is 6.66. The molecule has 23 heavy (non-hydrogen) atoms. The Morgan fingerprint density at radius 2 is 1.87 bits per heavy atom. The monoisotopic (exact) mass is 324 g/mol. The number of rotatable bonds is 8. The fourth-order valence-corrected chi connectivity index (χ4v) is 2.11. The van der Waals surface area contributed by atoms with E-state index in [1.807, 2.05) is 0 Å². The molecule has 1 rings (SSSR count). The summed E-state index contributed by atoms with van der Waals surface area (Å²) in [4.78, 5) is 11.7. The zero-order chi connectivity index (χ0) is 17.3. The lowest BCUT2D eigenvalue weighted by molar-refractivity contribution is 0.0635. The molecule has 0 aliphatic heterocycles. The molecule has 1 amide bonds. The predicted octanol–water partition coefficient (Wildman–Crippen LogP) is 5.56. The molecular weight excluding hydrogens is 295 g/mol. The minimum Gasteiger partial charge on any atom is -0.444 e. The average molecular weight is 324 g/mol. The van der Waals surface area contributed by atoms with Crippen LogP contribution in [0.3, 0.4) is 0 Å². The van der Waals surface area contributed by atoms with Crippen molar-refractivity contribution >= 4 is 17.5 Å². The Bertz CT molecular complexity index is 498. The third-order valence-corrected chi connectivity index (χ3v) is 3.21. The maximum absolute atomic E-state index is 13.8. The van der Waals surface area contributed by atoms with E-state index >= 15 is 0 Å². The largest absolute Gasteiger partial charge is 0.444 e. The first-order valence-corrected chi connectivity index (χ1v) is 8.35. The molecule has 1 aromatic rings. The lowest BCUT2D eigenvalue weighted by atomic mass is 10.1. The Labute approximate surface area is 138 Å². The minimum atomic E-state index is -0.659. The first-order valence-electron chi connectivity index (χ1n) is 8.35. The normalized spacial score (nSPS) is 11.2. The molecule has 0 saturated carbocycles. The molecule has 1 aromatic carbocycles. The Hall–Kier alpha value is -1.78. The van der Waals surface area contributed by atoms with Crippen molar-refractivity contribution in [3.8, 4) is 0 Å². The van der Waals surface area contributed by atoms with Gasteiger partial charge in [-0.1, -0.05) is 32.6 Å². The highest BCUT2D eigenvalue weighted by Crippen LogP contribution is 2.21. The van der Waals surface area contributed by atoms with Crippen molar-refractivity contribution in [1.82, 2.24) is 0 Å². The molecule has 0 aliphatic carbocycles. The lowest BCUT2D eigenvalue weighted by Crippen LogP contribution is -2.27. The van der Waals surface area contributed by atoms with E-state index in [4.69, 9.17) is 4.74 Å². The topological polar surface area (TPSA) is 50.4 Å². The van der Waals surface area contributed by atoms with Crippen molar-refractivity contribution in [3.05, 3.63) is 24.0 Å². The highest BCUT2D eigenvalue weighted by atomic mass is 19.1. The second kappa shape index (κ2) is 9.38. The number of anilines is 2. The van der Waals surface area contributed by atoms with Crippen molar-refractivity contribution in [2.45, 2.75) is 65.4 Å². The van der Waals surface area contributed by atoms with Gasteiger partial charge in [0.05, 0.1) is 5.69 Å². The minimum absolute atomic E-state index is 0.121. The molecule has 0 saturated heterocycles. The van der Waals surface area contributed by atoms with Gasteiger partial charge in [0, 0.05) is 12.2 Å². The van der Waals surface area contributed by atoms with Gasteiger partial charge in [-0.25, -0.2) is 9.18 Å². The van der Waals surface area contributed by atoms with Crippen LogP contribution in [0.1, 0.15) is 59.8 Å². The van der Waals surface area contributed by atoms with Crippen LogP contribution in [0.5, 0.6) is 0 Å². The van der Waals surface area contributed by atoms with E-state index in [0.29, 0.717) is 0 Å². The van der Waals surface area contributed by atoms with Gasteiger partial charge in [0.2, 0.25) is 0 Å².